The number of rotatable bonds is 9. The summed E-state index contributed by atoms with van der Waals surface area (Å²) in [5, 5.41) is 13.6. The van der Waals surface area contributed by atoms with Crippen LogP contribution in [0.3, 0.4) is 0 Å². The first kappa shape index (κ1) is 19.2. The van der Waals surface area contributed by atoms with Crippen molar-refractivity contribution in [2.75, 3.05) is 52.3 Å². The van der Waals surface area contributed by atoms with Gasteiger partial charge in [0.15, 0.2) is 11.5 Å². The number of anilines is 1. The highest BCUT2D eigenvalue weighted by Crippen LogP contribution is 2.31. The highest BCUT2D eigenvalue weighted by Gasteiger charge is 2.20. The van der Waals surface area contributed by atoms with Crippen molar-refractivity contribution in [2.45, 2.75) is 32.2 Å². The third kappa shape index (κ3) is 5.23. The van der Waals surface area contributed by atoms with Crippen molar-refractivity contribution in [3.8, 4) is 11.5 Å². The summed E-state index contributed by atoms with van der Waals surface area (Å²) in [6.07, 6.45) is 2.71. The fraction of sp³-hybridized carbons (Fsp3) is 0.684. The molecule has 2 aliphatic rings. The highest BCUT2D eigenvalue weighted by atomic mass is 16.5. The van der Waals surface area contributed by atoms with Gasteiger partial charge in [0.1, 0.15) is 6.29 Å². The Morgan fingerprint density at radius 2 is 2.15 bits per heavy atom. The van der Waals surface area contributed by atoms with Crippen molar-refractivity contribution >= 4 is 5.69 Å². The molecule has 1 aromatic carbocycles. The second-order valence-electron chi connectivity index (χ2n) is 7.26. The summed E-state index contributed by atoms with van der Waals surface area (Å²) in [7, 11) is 3.65. The summed E-state index contributed by atoms with van der Waals surface area (Å²) >= 11 is 0. The molecule has 2 heterocycles. The molecule has 7 nitrogen and oxygen atoms in total. The molecule has 2 fully saturated rings. The van der Waals surface area contributed by atoms with Crippen LogP contribution < -0.4 is 30.7 Å². The van der Waals surface area contributed by atoms with Gasteiger partial charge in [-0.05, 0) is 45.1 Å². The van der Waals surface area contributed by atoms with Crippen molar-refractivity contribution in [1.29, 1.82) is 0 Å². The van der Waals surface area contributed by atoms with Gasteiger partial charge in [-0.2, -0.15) is 0 Å². The minimum absolute atomic E-state index is 0.0211. The smallest absolute Gasteiger partial charge is 0.163 e. The summed E-state index contributed by atoms with van der Waals surface area (Å²) < 4.78 is 11.6. The number of nitrogens with zero attached hydrogens (tertiary/aromatic N) is 1. The van der Waals surface area contributed by atoms with Gasteiger partial charge >= 0.3 is 0 Å². The molecule has 3 unspecified atom stereocenters. The van der Waals surface area contributed by atoms with Gasteiger partial charge in [0.2, 0.25) is 0 Å². The predicted octanol–water partition coefficient (Wildman–Crippen LogP) is 1.24. The summed E-state index contributed by atoms with van der Waals surface area (Å²) in [6, 6.07) is 5.99. The highest BCUT2D eigenvalue weighted by molar-refractivity contribution is 5.55. The van der Waals surface area contributed by atoms with Crippen LogP contribution in [-0.2, 0) is 0 Å². The van der Waals surface area contributed by atoms with Crippen LogP contribution in [0, 0.1) is 5.92 Å². The molecule has 0 aromatic heterocycles. The molecule has 0 bridgehead atoms. The SMILES string of the molecule is CNC1CCNC(Nc2ccc(OC)c(OCC(C)CN3CCC3)c2)N1. The number of hydrogen-bond donors (Lipinski definition) is 4. The molecule has 146 valence electrons. The normalized spacial score (nSPS) is 24.6. The fourth-order valence-corrected chi connectivity index (χ4v) is 3.37. The van der Waals surface area contributed by atoms with Crippen molar-refractivity contribution < 1.29 is 9.47 Å². The van der Waals surface area contributed by atoms with Crippen LogP contribution in [0.1, 0.15) is 19.8 Å². The van der Waals surface area contributed by atoms with E-state index in [4.69, 9.17) is 9.47 Å². The van der Waals surface area contributed by atoms with E-state index in [0.29, 0.717) is 18.7 Å². The average Bonchev–Trinajstić information content (AvgIpc) is 2.63. The number of nitrogens with one attached hydrogen (secondary N) is 4. The van der Waals surface area contributed by atoms with Gasteiger partial charge in [-0.15, -0.1) is 0 Å². The molecular formula is C19H33N5O2. The van der Waals surface area contributed by atoms with Gasteiger partial charge in [0, 0.05) is 30.8 Å². The van der Waals surface area contributed by atoms with Crippen LogP contribution in [0.25, 0.3) is 0 Å². The number of ether oxygens (including phenoxy) is 2. The van der Waals surface area contributed by atoms with E-state index in [2.05, 4.69) is 33.1 Å². The molecule has 2 aliphatic heterocycles. The molecule has 3 atom stereocenters. The van der Waals surface area contributed by atoms with Crippen LogP contribution >= 0.6 is 0 Å². The molecule has 3 rings (SSSR count). The number of benzene rings is 1. The Kier molecular flexibility index (Phi) is 6.96. The Bertz CT molecular complexity index is 567. The Morgan fingerprint density at radius 3 is 2.85 bits per heavy atom. The first-order chi connectivity index (χ1) is 12.7. The lowest BCUT2D eigenvalue weighted by Crippen LogP contribution is -2.61. The first-order valence-corrected chi connectivity index (χ1v) is 9.64. The van der Waals surface area contributed by atoms with E-state index in [1.807, 2.05) is 25.2 Å². The van der Waals surface area contributed by atoms with E-state index in [0.717, 1.165) is 36.7 Å². The van der Waals surface area contributed by atoms with E-state index in [9.17, 15) is 0 Å². The van der Waals surface area contributed by atoms with Crippen LogP contribution in [0.4, 0.5) is 5.69 Å². The number of methoxy groups -OCH3 is 1. The summed E-state index contributed by atoms with van der Waals surface area (Å²) in [4.78, 5) is 2.47. The van der Waals surface area contributed by atoms with Gasteiger partial charge in [0.25, 0.3) is 0 Å². The fourth-order valence-electron chi connectivity index (χ4n) is 3.37. The first-order valence-electron chi connectivity index (χ1n) is 9.64. The molecule has 7 heteroatoms. The van der Waals surface area contributed by atoms with E-state index in [-0.39, 0.29) is 6.29 Å². The maximum Gasteiger partial charge on any atom is 0.163 e. The number of hydrogen-bond acceptors (Lipinski definition) is 7. The summed E-state index contributed by atoms with van der Waals surface area (Å²) in [6.45, 7) is 7.44. The Morgan fingerprint density at radius 1 is 1.31 bits per heavy atom. The molecule has 0 saturated carbocycles. The summed E-state index contributed by atoms with van der Waals surface area (Å²) in [5.74, 6) is 2.05. The molecule has 0 spiro atoms. The van der Waals surface area contributed by atoms with Gasteiger partial charge in [-0.25, -0.2) is 0 Å². The minimum Gasteiger partial charge on any atom is -0.493 e. The summed E-state index contributed by atoms with van der Waals surface area (Å²) in [5.41, 5.74) is 0.998. The molecular weight excluding hydrogens is 330 g/mol. The molecule has 1 aromatic rings. The second kappa shape index (κ2) is 9.41. The largest absolute Gasteiger partial charge is 0.493 e. The molecule has 0 amide bonds. The van der Waals surface area contributed by atoms with Gasteiger partial charge < -0.3 is 25.0 Å². The van der Waals surface area contributed by atoms with Crippen molar-refractivity contribution in [2.24, 2.45) is 5.92 Å². The van der Waals surface area contributed by atoms with E-state index in [1.165, 1.54) is 19.5 Å². The molecule has 26 heavy (non-hydrogen) atoms. The van der Waals surface area contributed by atoms with E-state index in [1.54, 1.807) is 7.11 Å². The molecule has 4 N–H and O–H groups in total. The van der Waals surface area contributed by atoms with Crippen LogP contribution in [0.15, 0.2) is 18.2 Å². The average molecular weight is 364 g/mol. The van der Waals surface area contributed by atoms with E-state index < -0.39 is 0 Å². The zero-order chi connectivity index (χ0) is 18.4. The van der Waals surface area contributed by atoms with Crippen molar-refractivity contribution in [3.63, 3.8) is 0 Å². The molecule has 2 saturated heterocycles. The second-order valence-corrected chi connectivity index (χ2v) is 7.26. The number of likely N-dealkylation sites (tertiary alicyclic amines) is 1. The van der Waals surface area contributed by atoms with Crippen LogP contribution in [-0.4, -0.2) is 64.3 Å². The standard InChI is InChI=1S/C19H33N5O2/c1-14(12-24-9-4-10-24)13-26-17-11-15(5-6-16(17)25-3)22-19-21-8-7-18(20-2)23-19/h5-6,11,14,18-23H,4,7-10,12-13H2,1-3H3. The lowest BCUT2D eigenvalue weighted by molar-refractivity contribution is 0.131. The minimum atomic E-state index is 0.0211. The molecule has 0 radical (unpaired) electrons. The predicted molar refractivity (Wildman–Crippen MR) is 105 cm³/mol. The Balaban J connectivity index is 1.56. The monoisotopic (exact) mass is 363 g/mol. The lowest BCUT2D eigenvalue weighted by atomic mass is 10.1. The quantitative estimate of drug-likeness (QED) is 0.526. The van der Waals surface area contributed by atoms with Gasteiger partial charge in [-0.1, -0.05) is 6.92 Å². The Labute approximate surface area is 156 Å². The van der Waals surface area contributed by atoms with Crippen LogP contribution in [0.2, 0.25) is 0 Å². The zero-order valence-corrected chi connectivity index (χ0v) is 16.2. The zero-order valence-electron chi connectivity index (χ0n) is 16.2. The van der Waals surface area contributed by atoms with Crippen molar-refractivity contribution in [3.05, 3.63) is 18.2 Å². The van der Waals surface area contributed by atoms with Crippen LogP contribution in [0.5, 0.6) is 11.5 Å². The third-order valence-corrected chi connectivity index (χ3v) is 5.01. The maximum absolute atomic E-state index is 6.09. The third-order valence-electron chi connectivity index (χ3n) is 5.01. The van der Waals surface area contributed by atoms with E-state index >= 15 is 0 Å². The van der Waals surface area contributed by atoms with Gasteiger partial charge in [0.05, 0.1) is 19.9 Å². The molecule has 0 aliphatic carbocycles. The topological polar surface area (TPSA) is 69.8 Å². The Hall–Kier alpha value is -1.54. The van der Waals surface area contributed by atoms with Crippen molar-refractivity contribution in [1.82, 2.24) is 20.9 Å². The van der Waals surface area contributed by atoms with Gasteiger partial charge in [-0.3, -0.25) is 10.6 Å². The lowest BCUT2D eigenvalue weighted by Gasteiger charge is -2.33. The maximum atomic E-state index is 6.09.